The number of nitrogens with zero attached hydrogens (tertiary/aromatic N) is 2. The highest BCUT2D eigenvalue weighted by molar-refractivity contribution is 14.0. The number of hydrogen-bond donors (Lipinski definition) is 2. The van der Waals surface area contributed by atoms with E-state index in [0.717, 1.165) is 55.7 Å². The van der Waals surface area contributed by atoms with Crippen molar-refractivity contribution in [3.05, 3.63) is 29.8 Å². The third-order valence-corrected chi connectivity index (χ3v) is 4.49. The molecule has 1 aromatic carbocycles. The van der Waals surface area contributed by atoms with Crippen molar-refractivity contribution in [3.8, 4) is 5.75 Å². The van der Waals surface area contributed by atoms with Gasteiger partial charge >= 0.3 is 0 Å². The third-order valence-electron chi connectivity index (χ3n) is 3.88. The van der Waals surface area contributed by atoms with Gasteiger partial charge in [-0.1, -0.05) is 32.0 Å². The topological polar surface area (TPSA) is 48.9 Å². The first kappa shape index (κ1) is 25.3. The molecular weight excluding hydrogens is 459 g/mol. The first-order valence-electron chi connectivity index (χ1n) is 9.19. The SMILES string of the molecule is CCNC(=NCc1ccccc1OCCN(CC)CC)NCCSC.I. The summed E-state index contributed by atoms with van der Waals surface area (Å²) in [6.07, 6.45) is 2.11. The van der Waals surface area contributed by atoms with Gasteiger partial charge < -0.3 is 20.3 Å². The van der Waals surface area contributed by atoms with Crippen molar-refractivity contribution in [2.24, 2.45) is 4.99 Å². The summed E-state index contributed by atoms with van der Waals surface area (Å²) < 4.78 is 6.01. The van der Waals surface area contributed by atoms with Crippen molar-refractivity contribution < 1.29 is 4.74 Å². The second kappa shape index (κ2) is 16.5. The molecule has 150 valence electrons. The maximum Gasteiger partial charge on any atom is 0.191 e. The summed E-state index contributed by atoms with van der Waals surface area (Å²) >= 11 is 1.82. The molecule has 0 heterocycles. The molecule has 7 heteroatoms. The number of likely N-dealkylation sites (N-methyl/N-ethyl adjacent to an activating group) is 1. The van der Waals surface area contributed by atoms with Gasteiger partial charge in [-0.3, -0.25) is 0 Å². The van der Waals surface area contributed by atoms with Crippen LogP contribution in [-0.4, -0.2) is 62.2 Å². The van der Waals surface area contributed by atoms with E-state index in [4.69, 9.17) is 4.74 Å². The first-order chi connectivity index (χ1) is 12.2. The monoisotopic (exact) mass is 494 g/mol. The van der Waals surface area contributed by atoms with Gasteiger partial charge in [0.1, 0.15) is 12.4 Å². The second-order valence-electron chi connectivity index (χ2n) is 5.60. The fourth-order valence-electron chi connectivity index (χ4n) is 2.38. The zero-order chi connectivity index (χ0) is 18.3. The van der Waals surface area contributed by atoms with Crippen molar-refractivity contribution in [2.45, 2.75) is 27.3 Å². The average molecular weight is 494 g/mol. The number of guanidine groups is 1. The number of halogens is 1. The fourth-order valence-corrected chi connectivity index (χ4v) is 2.68. The zero-order valence-corrected chi connectivity index (χ0v) is 19.7. The van der Waals surface area contributed by atoms with Crippen LogP contribution >= 0.6 is 35.7 Å². The van der Waals surface area contributed by atoms with E-state index in [-0.39, 0.29) is 24.0 Å². The molecule has 1 aromatic rings. The van der Waals surface area contributed by atoms with Gasteiger partial charge in [-0.25, -0.2) is 4.99 Å². The number of para-hydroxylation sites is 1. The zero-order valence-electron chi connectivity index (χ0n) is 16.6. The maximum absolute atomic E-state index is 6.01. The molecule has 0 bridgehead atoms. The molecule has 0 amide bonds. The predicted molar refractivity (Wildman–Crippen MR) is 126 cm³/mol. The average Bonchev–Trinajstić information content (AvgIpc) is 2.64. The summed E-state index contributed by atoms with van der Waals surface area (Å²) in [5.74, 6) is 2.85. The summed E-state index contributed by atoms with van der Waals surface area (Å²) in [5, 5.41) is 6.64. The summed E-state index contributed by atoms with van der Waals surface area (Å²) in [6, 6.07) is 8.17. The summed E-state index contributed by atoms with van der Waals surface area (Å²) in [6.45, 7) is 12.6. The molecule has 0 aliphatic rings. The molecule has 0 aliphatic heterocycles. The van der Waals surface area contributed by atoms with Gasteiger partial charge in [-0.15, -0.1) is 24.0 Å². The maximum atomic E-state index is 6.01. The Labute approximate surface area is 180 Å². The van der Waals surface area contributed by atoms with Crippen LogP contribution in [-0.2, 0) is 6.54 Å². The summed E-state index contributed by atoms with van der Waals surface area (Å²) in [7, 11) is 0. The molecule has 0 aromatic heterocycles. The fraction of sp³-hybridized carbons (Fsp3) is 0.632. The molecule has 0 atom stereocenters. The van der Waals surface area contributed by atoms with Gasteiger partial charge in [0.25, 0.3) is 0 Å². The van der Waals surface area contributed by atoms with Crippen molar-refractivity contribution >= 4 is 41.7 Å². The Morgan fingerprint density at radius 1 is 1.15 bits per heavy atom. The van der Waals surface area contributed by atoms with E-state index >= 15 is 0 Å². The number of aliphatic imine (C=N–C) groups is 1. The molecule has 0 spiro atoms. The number of nitrogens with one attached hydrogen (secondary N) is 2. The lowest BCUT2D eigenvalue weighted by atomic mass is 10.2. The number of ether oxygens (including phenoxy) is 1. The standard InChI is InChI=1S/C19H34N4OS.HI/c1-5-20-19(21-12-15-25-4)22-16-17-10-8-9-11-18(17)24-14-13-23(6-2)7-3;/h8-11H,5-7,12-16H2,1-4H3,(H2,20,21,22);1H. The summed E-state index contributed by atoms with van der Waals surface area (Å²) in [5.41, 5.74) is 1.11. The van der Waals surface area contributed by atoms with Crippen LogP contribution in [0, 0.1) is 0 Å². The quantitative estimate of drug-likeness (QED) is 0.202. The van der Waals surface area contributed by atoms with Gasteiger partial charge in [0.15, 0.2) is 5.96 Å². The second-order valence-corrected chi connectivity index (χ2v) is 6.58. The van der Waals surface area contributed by atoms with Crippen molar-refractivity contribution in [1.29, 1.82) is 0 Å². The van der Waals surface area contributed by atoms with E-state index in [0.29, 0.717) is 13.2 Å². The highest BCUT2D eigenvalue weighted by atomic mass is 127. The number of rotatable bonds is 12. The molecule has 0 aliphatic carbocycles. The van der Waals surface area contributed by atoms with Crippen LogP contribution in [0.3, 0.4) is 0 Å². The summed E-state index contributed by atoms with van der Waals surface area (Å²) in [4.78, 5) is 7.05. The van der Waals surface area contributed by atoms with Crippen LogP contribution in [0.25, 0.3) is 0 Å². The Kier molecular flexibility index (Phi) is 16.1. The van der Waals surface area contributed by atoms with Crippen molar-refractivity contribution in [2.75, 3.05) is 51.3 Å². The largest absolute Gasteiger partial charge is 0.492 e. The van der Waals surface area contributed by atoms with E-state index in [1.807, 2.05) is 30.0 Å². The Hall–Kier alpha value is -0.670. The predicted octanol–water partition coefficient (Wildman–Crippen LogP) is 3.44. The van der Waals surface area contributed by atoms with Gasteiger partial charge in [0.2, 0.25) is 0 Å². The van der Waals surface area contributed by atoms with Crippen molar-refractivity contribution in [3.63, 3.8) is 0 Å². The molecule has 26 heavy (non-hydrogen) atoms. The Morgan fingerprint density at radius 3 is 2.54 bits per heavy atom. The van der Waals surface area contributed by atoms with Crippen molar-refractivity contribution in [1.82, 2.24) is 15.5 Å². The molecule has 2 N–H and O–H groups in total. The number of hydrogen-bond acceptors (Lipinski definition) is 4. The number of benzene rings is 1. The molecule has 0 unspecified atom stereocenters. The lowest BCUT2D eigenvalue weighted by Crippen LogP contribution is -2.38. The highest BCUT2D eigenvalue weighted by Gasteiger charge is 2.05. The molecule has 0 saturated heterocycles. The van der Waals surface area contributed by atoms with Crippen LogP contribution in [0.15, 0.2) is 29.3 Å². The van der Waals surface area contributed by atoms with E-state index in [1.165, 1.54) is 0 Å². The van der Waals surface area contributed by atoms with Gasteiger partial charge in [0.05, 0.1) is 6.54 Å². The van der Waals surface area contributed by atoms with Gasteiger partial charge in [-0.2, -0.15) is 11.8 Å². The molecule has 0 radical (unpaired) electrons. The molecule has 0 fully saturated rings. The Morgan fingerprint density at radius 2 is 1.88 bits per heavy atom. The van der Waals surface area contributed by atoms with Gasteiger partial charge in [-0.05, 0) is 32.3 Å². The Balaban J connectivity index is 0.00000625. The van der Waals surface area contributed by atoms with Crippen LogP contribution in [0.4, 0.5) is 0 Å². The van der Waals surface area contributed by atoms with E-state index in [2.05, 4.69) is 53.6 Å². The van der Waals surface area contributed by atoms with E-state index in [9.17, 15) is 0 Å². The van der Waals surface area contributed by atoms with Crippen LogP contribution in [0.1, 0.15) is 26.3 Å². The lowest BCUT2D eigenvalue weighted by molar-refractivity contribution is 0.221. The lowest BCUT2D eigenvalue weighted by Gasteiger charge is -2.18. The Bertz CT molecular complexity index is 498. The minimum atomic E-state index is 0. The van der Waals surface area contributed by atoms with Gasteiger partial charge in [0, 0.05) is 31.0 Å². The van der Waals surface area contributed by atoms with E-state index in [1.54, 1.807) is 0 Å². The first-order valence-corrected chi connectivity index (χ1v) is 10.6. The normalized spacial score (nSPS) is 11.2. The van der Waals surface area contributed by atoms with Crippen LogP contribution in [0.5, 0.6) is 5.75 Å². The minimum Gasteiger partial charge on any atom is -0.492 e. The van der Waals surface area contributed by atoms with Crippen LogP contribution < -0.4 is 15.4 Å². The van der Waals surface area contributed by atoms with E-state index < -0.39 is 0 Å². The number of thioether (sulfide) groups is 1. The smallest absolute Gasteiger partial charge is 0.191 e. The van der Waals surface area contributed by atoms with Crippen LogP contribution in [0.2, 0.25) is 0 Å². The minimum absolute atomic E-state index is 0. The highest BCUT2D eigenvalue weighted by Crippen LogP contribution is 2.18. The third kappa shape index (κ3) is 10.5. The molecule has 0 saturated carbocycles. The molecule has 5 nitrogen and oxygen atoms in total. The molecular formula is C19H35IN4OS. The molecule has 1 rings (SSSR count).